The molecule has 0 saturated carbocycles. The van der Waals surface area contributed by atoms with Crippen LogP contribution in [0, 0.1) is 0 Å². The van der Waals surface area contributed by atoms with Crippen molar-refractivity contribution in [3.05, 3.63) is 0 Å². The topological polar surface area (TPSA) is 101 Å². The number of ether oxygens (including phenoxy) is 1. The molecule has 0 aromatic heterocycles. The maximum atomic E-state index is 12.1. The Morgan fingerprint density at radius 1 is 1.30 bits per heavy atom. The zero-order valence-electron chi connectivity index (χ0n) is 11.6. The fourth-order valence-corrected chi connectivity index (χ4v) is 4.06. The van der Waals surface area contributed by atoms with Crippen LogP contribution >= 0.6 is 0 Å². The van der Waals surface area contributed by atoms with Gasteiger partial charge in [0.05, 0.1) is 12.9 Å². The highest BCUT2D eigenvalue weighted by molar-refractivity contribution is 7.89. The first-order valence-corrected chi connectivity index (χ1v) is 8.28. The summed E-state index contributed by atoms with van der Waals surface area (Å²) in [6.45, 7) is 0.279. The fourth-order valence-electron chi connectivity index (χ4n) is 2.27. The molecule has 1 rings (SSSR count). The molecule has 116 valence electrons. The summed E-state index contributed by atoms with van der Waals surface area (Å²) in [5, 5.41) is 8.99. The number of aliphatic carboxylic acids is 1. The van der Waals surface area contributed by atoms with Crippen LogP contribution in [-0.2, 0) is 24.3 Å². The third-order valence-corrected chi connectivity index (χ3v) is 5.31. The number of hydrogen-bond acceptors (Lipinski definition) is 5. The van der Waals surface area contributed by atoms with E-state index in [1.165, 1.54) is 7.11 Å². The highest BCUT2D eigenvalue weighted by Crippen LogP contribution is 2.22. The van der Waals surface area contributed by atoms with Crippen molar-refractivity contribution in [1.82, 2.24) is 4.31 Å². The number of unbranched alkanes of at least 4 members (excludes halogenated alkanes) is 2. The normalized spacial score (nSPS) is 19.9. The van der Waals surface area contributed by atoms with E-state index in [4.69, 9.17) is 5.11 Å². The van der Waals surface area contributed by atoms with Crippen molar-refractivity contribution >= 4 is 22.0 Å². The third-order valence-electron chi connectivity index (χ3n) is 3.36. The first-order chi connectivity index (χ1) is 9.38. The summed E-state index contributed by atoms with van der Waals surface area (Å²) in [7, 11) is -2.21. The number of sulfonamides is 1. The molecule has 8 heteroatoms. The number of rotatable bonds is 8. The van der Waals surface area contributed by atoms with Crippen LogP contribution in [0.25, 0.3) is 0 Å². The van der Waals surface area contributed by atoms with Crippen LogP contribution in [0.2, 0.25) is 0 Å². The Morgan fingerprint density at radius 3 is 2.60 bits per heavy atom. The molecule has 1 aliphatic heterocycles. The summed E-state index contributed by atoms with van der Waals surface area (Å²) in [5.74, 6) is -1.46. The van der Waals surface area contributed by atoms with Crippen molar-refractivity contribution in [2.45, 2.75) is 44.6 Å². The molecule has 1 heterocycles. The molecule has 0 radical (unpaired) electrons. The van der Waals surface area contributed by atoms with Gasteiger partial charge < -0.3 is 9.84 Å². The van der Waals surface area contributed by atoms with E-state index in [2.05, 4.69) is 4.74 Å². The van der Waals surface area contributed by atoms with Gasteiger partial charge in [0.2, 0.25) is 10.0 Å². The van der Waals surface area contributed by atoms with Gasteiger partial charge >= 0.3 is 11.9 Å². The van der Waals surface area contributed by atoms with Crippen LogP contribution < -0.4 is 0 Å². The summed E-state index contributed by atoms with van der Waals surface area (Å²) in [6.07, 6.45) is 2.82. The second kappa shape index (κ2) is 7.58. The Kier molecular flexibility index (Phi) is 6.41. The molecule has 7 nitrogen and oxygen atoms in total. The van der Waals surface area contributed by atoms with Crippen molar-refractivity contribution in [2.75, 3.05) is 19.4 Å². The number of carboxylic acids is 1. The minimum atomic E-state index is -3.52. The van der Waals surface area contributed by atoms with Crippen molar-refractivity contribution in [1.29, 1.82) is 0 Å². The van der Waals surface area contributed by atoms with Crippen molar-refractivity contribution in [3.63, 3.8) is 0 Å². The second-order valence-corrected chi connectivity index (χ2v) is 6.85. The lowest BCUT2D eigenvalue weighted by molar-refractivity contribution is -0.141. The van der Waals surface area contributed by atoms with Gasteiger partial charge in [-0.15, -0.1) is 0 Å². The van der Waals surface area contributed by atoms with Gasteiger partial charge in [0, 0.05) is 13.0 Å². The van der Waals surface area contributed by atoms with E-state index in [-0.39, 0.29) is 24.7 Å². The smallest absolute Gasteiger partial charge is 0.322 e. The lowest BCUT2D eigenvalue weighted by atomic mass is 10.2. The third kappa shape index (κ3) is 4.75. The van der Waals surface area contributed by atoms with E-state index >= 15 is 0 Å². The van der Waals surface area contributed by atoms with Gasteiger partial charge in [-0.3, -0.25) is 9.59 Å². The highest BCUT2D eigenvalue weighted by Gasteiger charge is 2.38. The molecule has 20 heavy (non-hydrogen) atoms. The summed E-state index contributed by atoms with van der Waals surface area (Å²) in [6, 6.07) is -0.921. The minimum Gasteiger partial charge on any atom is -0.480 e. The minimum absolute atomic E-state index is 0.0715. The first-order valence-electron chi connectivity index (χ1n) is 6.67. The largest absolute Gasteiger partial charge is 0.480 e. The Balaban J connectivity index is 2.38. The molecule has 0 spiro atoms. The molecule has 0 unspecified atom stereocenters. The summed E-state index contributed by atoms with van der Waals surface area (Å²) >= 11 is 0. The van der Waals surface area contributed by atoms with Crippen molar-refractivity contribution in [3.8, 4) is 0 Å². The average Bonchev–Trinajstić information content (AvgIpc) is 2.88. The van der Waals surface area contributed by atoms with Crippen LogP contribution in [0.1, 0.15) is 38.5 Å². The number of carbonyl (C=O) groups excluding carboxylic acids is 1. The predicted molar refractivity (Wildman–Crippen MR) is 71.6 cm³/mol. The van der Waals surface area contributed by atoms with E-state index in [1.807, 2.05) is 0 Å². The van der Waals surface area contributed by atoms with E-state index in [0.29, 0.717) is 32.1 Å². The van der Waals surface area contributed by atoms with E-state index in [1.54, 1.807) is 0 Å². The van der Waals surface area contributed by atoms with Crippen LogP contribution in [0.3, 0.4) is 0 Å². The molecule has 0 amide bonds. The van der Waals surface area contributed by atoms with E-state index < -0.39 is 22.0 Å². The number of methoxy groups -OCH3 is 1. The van der Waals surface area contributed by atoms with Gasteiger partial charge in [-0.2, -0.15) is 4.31 Å². The quantitative estimate of drug-likeness (QED) is 0.520. The molecule has 1 N–H and O–H groups in total. The Morgan fingerprint density at radius 2 is 2.00 bits per heavy atom. The van der Waals surface area contributed by atoms with Gasteiger partial charge in [0.15, 0.2) is 0 Å². The Bertz CT molecular complexity index is 447. The summed E-state index contributed by atoms with van der Waals surface area (Å²) in [4.78, 5) is 21.9. The van der Waals surface area contributed by atoms with Crippen molar-refractivity contribution < 1.29 is 27.9 Å². The molecule has 1 fully saturated rings. The molecule has 0 bridgehead atoms. The molecule has 0 aromatic carbocycles. The monoisotopic (exact) mass is 307 g/mol. The highest BCUT2D eigenvalue weighted by atomic mass is 32.2. The predicted octanol–water partition coefficient (Wildman–Crippen LogP) is 0.599. The van der Waals surface area contributed by atoms with Gasteiger partial charge in [0.25, 0.3) is 0 Å². The molecular formula is C12H21NO6S. The molecule has 0 aliphatic carbocycles. The lowest BCUT2D eigenvalue weighted by Crippen LogP contribution is -2.41. The lowest BCUT2D eigenvalue weighted by Gasteiger charge is -2.20. The summed E-state index contributed by atoms with van der Waals surface area (Å²) < 4.78 is 29.7. The standard InChI is InChI=1S/C12H21NO6S/c1-19-11(14)7-3-2-4-9-20(17,18)13-8-5-6-10(13)12(15)16/h10H,2-9H2,1H3,(H,15,16)/t10-/m0/s1. The number of nitrogens with zero attached hydrogens (tertiary/aromatic N) is 1. The number of esters is 1. The van der Waals surface area contributed by atoms with E-state index in [9.17, 15) is 18.0 Å². The second-order valence-electron chi connectivity index (χ2n) is 4.81. The maximum Gasteiger partial charge on any atom is 0.322 e. The van der Waals surface area contributed by atoms with Crippen LogP contribution in [0.15, 0.2) is 0 Å². The first kappa shape index (κ1) is 16.9. The number of carbonyl (C=O) groups is 2. The van der Waals surface area contributed by atoms with Crippen LogP contribution in [0.4, 0.5) is 0 Å². The molecule has 1 saturated heterocycles. The van der Waals surface area contributed by atoms with E-state index in [0.717, 1.165) is 4.31 Å². The number of hydrogen-bond donors (Lipinski definition) is 1. The van der Waals surface area contributed by atoms with Gasteiger partial charge in [-0.25, -0.2) is 8.42 Å². The Hall–Kier alpha value is -1.15. The van der Waals surface area contributed by atoms with Gasteiger partial charge in [-0.05, 0) is 25.7 Å². The molecular weight excluding hydrogens is 286 g/mol. The average molecular weight is 307 g/mol. The maximum absolute atomic E-state index is 12.1. The summed E-state index contributed by atoms with van der Waals surface area (Å²) in [5.41, 5.74) is 0. The zero-order valence-corrected chi connectivity index (χ0v) is 12.4. The van der Waals surface area contributed by atoms with Gasteiger partial charge in [0.1, 0.15) is 6.04 Å². The fraction of sp³-hybridized carbons (Fsp3) is 0.833. The van der Waals surface area contributed by atoms with Gasteiger partial charge in [-0.1, -0.05) is 6.42 Å². The molecule has 1 aliphatic rings. The SMILES string of the molecule is COC(=O)CCCCCS(=O)(=O)N1CCC[C@H]1C(=O)O. The molecule has 0 aromatic rings. The molecule has 1 atom stereocenters. The van der Waals surface area contributed by atoms with Crippen LogP contribution in [0.5, 0.6) is 0 Å². The van der Waals surface area contributed by atoms with Crippen LogP contribution in [-0.4, -0.2) is 55.2 Å². The number of carboxylic acid groups (broad SMARTS) is 1. The Labute approximate surface area is 118 Å². The van der Waals surface area contributed by atoms with Crippen molar-refractivity contribution in [2.24, 2.45) is 0 Å². The zero-order chi connectivity index (χ0) is 15.2.